The van der Waals surface area contributed by atoms with E-state index >= 15 is 0 Å². The van der Waals surface area contributed by atoms with E-state index in [2.05, 4.69) is 15.6 Å². The number of hydrogen-bond acceptors (Lipinski definition) is 7. The summed E-state index contributed by atoms with van der Waals surface area (Å²) in [7, 11) is 1.61. The SMILES string of the molecule is COc1ccc(COc2ccc(NC(=O)NC[C@H]3O[C@H](n4cc(C)c(=O)[nH]c4=O)C[C@@H]3O)cc2)cc1. The number of ether oxygens (including phenoxy) is 3. The first-order valence-electron chi connectivity index (χ1n) is 11.4. The number of rotatable bonds is 8. The quantitative estimate of drug-likeness (QED) is 0.373. The third-order valence-corrected chi connectivity index (χ3v) is 5.80. The molecule has 0 radical (unpaired) electrons. The molecular formula is C25H28N4O7. The smallest absolute Gasteiger partial charge is 0.330 e. The molecule has 190 valence electrons. The molecule has 11 nitrogen and oxygen atoms in total. The van der Waals surface area contributed by atoms with Crippen molar-refractivity contribution in [2.75, 3.05) is 19.0 Å². The number of aliphatic hydroxyl groups excluding tert-OH is 1. The van der Waals surface area contributed by atoms with Crippen LogP contribution in [0.3, 0.4) is 0 Å². The van der Waals surface area contributed by atoms with Gasteiger partial charge in [-0.3, -0.25) is 14.3 Å². The number of aryl methyl sites for hydroxylation is 1. The minimum absolute atomic E-state index is 0.0314. The number of urea groups is 1. The molecule has 0 unspecified atom stereocenters. The lowest BCUT2D eigenvalue weighted by atomic mass is 10.2. The molecule has 0 aliphatic carbocycles. The van der Waals surface area contributed by atoms with Gasteiger partial charge in [0.1, 0.15) is 30.4 Å². The first-order valence-corrected chi connectivity index (χ1v) is 11.4. The van der Waals surface area contributed by atoms with Crippen LogP contribution in [0.2, 0.25) is 0 Å². The normalized spacial score (nSPS) is 19.0. The summed E-state index contributed by atoms with van der Waals surface area (Å²) in [6, 6.07) is 14.0. The van der Waals surface area contributed by atoms with Gasteiger partial charge < -0.3 is 30.0 Å². The third-order valence-electron chi connectivity index (χ3n) is 5.80. The first-order chi connectivity index (χ1) is 17.3. The molecule has 36 heavy (non-hydrogen) atoms. The van der Waals surface area contributed by atoms with Gasteiger partial charge in [0.05, 0.1) is 13.2 Å². The average molecular weight is 497 g/mol. The van der Waals surface area contributed by atoms with Gasteiger partial charge in [-0.2, -0.15) is 0 Å². The van der Waals surface area contributed by atoms with Crippen molar-refractivity contribution in [2.24, 2.45) is 0 Å². The zero-order valence-corrected chi connectivity index (χ0v) is 19.9. The Morgan fingerprint density at radius 2 is 1.83 bits per heavy atom. The molecule has 0 bridgehead atoms. The van der Waals surface area contributed by atoms with E-state index < -0.39 is 35.7 Å². The maximum atomic E-state index is 12.3. The van der Waals surface area contributed by atoms with Crippen molar-refractivity contribution < 1.29 is 24.1 Å². The van der Waals surface area contributed by atoms with Crippen molar-refractivity contribution in [3.63, 3.8) is 0 Å². The number of carbonyl (C=O) groups excluding carboxylic acids is 1. The molecule has 4 rings (SSSR count). The van der Waals surface area contributed by atoms with Crippen LogP contribution in [0.1, 0.15) is 23.8 Å². The zero-order valence-electron chi connectivity index (χ0n) is 19.9. The Bertz CT molecular complexity index is 1300. The molecule has 3 atom stereocenters. The maximum Gasteiger partial charge on any atom is 0.330 e. The van der Waals surface area contributed by atoms with Crippen LogP contribution in [0.25, 0.3) is 0 Å². The summed E-state index contributed by atoms with van der Waals surface area (Å²) in [5, 5.41) is 15.7. The molecule has 1 aliphatic heterocycles. The number of aromatic nitrogens is 2. The Balaban J connectivity index is 1.24. The Labute approximate surface area is 206 Å². The van der Waals surface area contributed by atoms with Crippen molar-refractivity contribution in [3.05, 3.63) is 86.7 Å². The highest BCUT2D eigenvalue weighted by molar-refractivity contribution is 5.89. The summed E-state index contributed by atoms with van der Waals surface area (Å²) >= 11 is 0. The van der Waals surface area contributed by atoms with Crippen LogP contribution in [0.5, 0.6) is 11.5 Å². The summed E-state index contributed by atoms with van der Waals surface area (Å²) in [4.78, 5) is 38.2. The molecular weight excluding hydrogens is 468 g/mol. The van der Waals surface area contributed by atoms with E-state index in [1.54, 1.807) is 38.3 Å². The van der Waals surface area contributed by atoms with Crippen molar-refractivity contribution in [1.29, 1.82) is 0 Å². The lowest BCUT2D eigenvalue weighted by Gasteiger charge is -2.17. The fraction of sp³-hybridized carbons (Fsp3) is 0.320. The zero-order chi connectivity index (χ0) is 25.7. The van der Waals surface area contributed by atoms with E-state index in [1.807, 2.05) is 24.3 Å². The molecule has 3 aromatic rings. The first kappa shape index (κ1) is 25.0. The van der Waals surface area contributed by atoms with Crippen molar-refractivity contribution in [2.45, 2.75) is 38.4 Å². The van der Waals surface area contributed by atoms with Gasteiger partial charge in [0.2, 0.25) is 0 Å². The summed E-state index contributed by atoms with van der Waals surface area (Å²) in [6.45, 7) is 2.00. The number of anilines is 1. The minimum atomic E-state index is -0.892. The summed E-state index contributed by atoms with van der Waals surface area (Å²) in [5.41, 5.74) is 0.819. The van der Waals surface area contributed by atoms with Crippen LogP contribution in [0.4, 0.5) is 10.5 Å². The third kappa shape index (κ3) is 6.12. The van der Waals surface area contributed by atoms with E-state index in [0.717, 1.165) is 11.3 Å². The monoisotopic (exact) mass is 496 g/mol. The van der Waals surface area contributed by atoms with E-state index in [9.17, 15) is 19.5 Å². The Kier molecular flexibility index (Phi) is 7.71. The number of aromatic amines is 1. The van der Waals surface area contributed by atoms with E-state index in [4.69, 9.17) is 14.2 Å². The second kappa shape index (κ2) is 11.1. The van der Waals surface area contributed by atoms with Gasteiger partial charge in [0.15, 0.2) is 0 Å². The largest absolute Gasteiger partial charge is 0.497 e. The van der Waals surface area contributed by atoms with Gasteiger partial charge in [0.25, 0.3) is 5.56 Å². The average Bonchev–Trinajstić information content (AvgIpc) is 3.25. The van der Waals surface area contributed by atoms with Crippen molar-refractivity contribution >= 4 is 11.7 Å². The lowest BCUT2D eigenvalue weighted by Crippen LogP contribution is -2.39. The maximum absolute atomic E-state index is 12.3. The molecule has 2 amide bonds. The summed E-state index contributed by atoms with van der Waals surface area (Å²) in [6.07, 6.45) is -0.809. The number of hydrogen-bond donors (Lipinski definition) is 4. The van der Waals surface area contributed by atoms with E-state index in [1.165, 1.54) is 10.8 Å². The number of amides is 2. The standard InChI is InChI=1S/C25H28N4O7/c1-15-13-29(25(33)28-23(15)31)22-11-20(30)21(36-22)12-26-24(32)27-17-5-9-19(10-6-17)35-14-16-3-7-18(34-2)8-4-16/h3-10,13,20-22,30H,11-12,14H2,1-2H3,(H2,26,27,32)(H,28,31,33)/t20-,21+,22-/m0/s1. The van der Waals surface area contributed by atoms with Gasteiger partial charge in [-0.1, -0.05) is 12.1 Å². The van der Waals surface area contributed by atoms with Crippen LogP contribution in [0.15, 0.2) is 64.3 Å². The predicted octanol–water partition coefficient (Wildman–Crippen LogP) is 1.90. The second-order valence-corrected chi connectivity index (χ2v) is 8.41. The minimum Gasteiger partial charge on any atom is -0.497 e. The molecule has 2 aromatic carbocycles. The highest BCUT2D eigenvalue weighted by Crippen LogP contribution is 2.27. The Morgan fingerprint density at radius 1 is 1.14 bits per heavy atom. The van der Waals surface area contributed by atoms with Gasteiger partial charge in [-0.15, -0.1) is 0 Å². The molecule has 2 heterocycles. The molecule has 0 saturated carbocycles. The Hall–Kier alpha value is -4.09. The van der Waals surface area contributed by atoms with Gasteiger partial charge >= 0.3 is 11.7 Å². The van der Waals surface area contributed by atoms with Crippen LogP contribution >= 0.6 is 0 Å². The highest BCUT2D eigenvalue weighted by Gasteiger charge is 2.35. The van der Waals surface area contributed by atoms with E-state index in [-0.39, 0.29) is 13.0 Å². The number of methoxy groups -OCH3 is 1. The van der Waals surface area contributed by atoms with Crippen LogP contribution < -0.4 is 31.4 Å². The van der Waals surface area contributed by atoms with Gasteiger partial charge in [-0.25, -0.2) is 9.59 Å². The fourth-order valence-corrected chi connectivity index (χ4v) is 3.76. The number of carbonyl (C=O) groups is 1. The van der Waals surface area contributed by atoms with Crippen LogP contribution in [0, 0.1) is 6.92 Å². The van der Waals surface area contributed by atoms with Crippen LogP contribution in [-0.2, 0) is 11.3 Å². The molecule has 1 aromatic heterocycles. The number of nitrogens with zero attached hydrogens (tertiary/aromatic N) is 1. The second-order valence-electron chi connectivity index (χ2n) is 8.41. The molecule has 4 N–H and O–H groups in total. The van der Waals surface area contributed by atoms with Crippen LogP contribution in [-0.4, -0.2) is 46.6 Å². The number of benzene rings is 2. The van der Waals surface area contributed by atoms with Gasteiger partial charge in [0, 0.05) is 30.4 Å². The Morgan fingerprint density at radius 3 is 2.53 bits per heavy atom. The van der Waals surface area contributed by atoms with E-state index in [0.29, 0.717) is 23.6 Å². The molecule has 1 fully saturated rings. The number of nitrogens with one attached hydrogen (secondary N) is 3. The molecule has 1 aliphatic rings. The summed E-state index contributed by atoms with van der Waals surface area (Å²) < 4.78 is 17.9. The topological polar surface area (TPSA) is 144 Å². The molecule has 11 heteroatoms. The molecule has 0 spiro atoms. The van der Waals surface area contributed by atoms with Crippen molar-refractivity contribution in [3.8, 4) is 11.5 Å². The lowest BCUT2D eigenvalue weighted by molar-refractivity contribution is -0.0178. The number of aliphatic hydroxyl groups is 1. The number of H-pyrrole nitrogens is 1. The van der Waals surface area contributed by atoms with Crippen molar-refractivity contribution in [1.82, 2.24) is 14.9 Å². The highest BCUT2D eigenvalue weighted by atomic mass is 16.5. The predicted molar refractivity (Wildman–Crippen MR) is 131 cm³/mol. The molecule has 1 saturated heterocycles. The van der Waals surface area contributed by atoms with Gasteiger partial charge in [-0.05, 0) is 48.9 Å². The fourth-order valence-electron chi connectivity index (χ4n) is 3.76. The summed E-state index contributed by atoms with van der Waals surface area (Å²) in [5.74, 6) is 1.43.